The zero-order valence-electron chi connectivity index (χ0n) is 27.5. The molecule has 0 fully saturated rings. The quantitative estimate of drug-likeness (QED) is 0.245. The first kappa shape index (κ1) is 32.8. The van der Waals surface area contributed by atoms with Crippen LogP contribution in [0.25, 0.3) is 17.3 Å². The topological polar surface area (TPSA) is 114 Å². The number of sulfonamides is 1. The average Bonchev–Trinajstić information content (AvgIpc) is 2.96. The molecule has 1 aliphatic rings. The van der Waals surface area contributed by atoms with Gasteiger partial charge >= 0.3 is 0 Å². The molecule has 1 N–H and O–H groups in total. The minimum absolute atomic E-state index is 0.0721. The van der Waals surface area contributed by atoms with Gasteiger partial charge in [0.2, 0.25) is 11.8 Å². The zero-order chi connectivity index (χ0) is 33.2. The van der Waals surface area contributed by atoms with E-state index < -0.39 is 16.1 Å². The van der Waals surface area contributed by atoms with Gasteiger partial charge in [0.25, 0.3) is 15.9 Å². The molecule has 10 heteroatoms. The van der Waals surface area contributed by atoms with Crippen LogP contribution in [0.1, 0.15) is 73.9 Å². The zero-order valence-corrected chi connectivity index (χ0v) is 28.3. The Hall–Kier alpha value is -4.57. The first-order valence-corrected chi connectivity index (χ1v) is 16.8. The van der Waals surface area contributed by atoms with Gasteiger partial charge in [0.1, 0.15) is 6.61 Å². The fourth-order valence-corrected chi connectivity index (χ4v) is 6.67. The van der Waals surface area contributed by atoms with Gasteiger partial charge < -0.3 is 9.64 Å². The second kappa shape index (κ2) is 13.0. The Balaban J connectivity index is 1.67. The Bertz CT molecular complexity index is 1890. The van der Waals surface area contributed by atoms with Crippen LogP contribution in [0.2, 0.25) is 0 Å². The second-order valence-corrected chi connectivity index (χ2v) is 14.9. The number of nitrogens with zero attached hydrogens (tertiary/aromatic N) is 4. The third kappa shape index (κ3) is 7.80. The van der Waals surface area contributed by atoms with Gasteiger partial charge in [-0.3, -0.25) is 9.78 Å². The van der Waals surface area contributed by atoms with Crippen molar-refractivity contribution in [3.63, 3.8) is 0 Å². The Morgan fingerprint density at radius 1 is 0.978 bits per heavy atom. The number of fused-ring (bicyclic) bond motifs is 4. The highest BCUT2D eigenvalue weighted by atomic mass is 32.2. The highest BCUT2D eigenvalue weighted by Gasteiger charge is 2.32. The largest absolute Gasteiger partial charge is 0.475 e. The van der Waals surface area contributed by atoms with E-state index in [0.717, 1.165) is 28.0 Å². The van der Waals surface area contributed by atoms with Crippen LogP contribution in [0.4, 0.5) is 5.95 Å². The summed E-state index contributed by atoms with van der Waals surface area (Å²) in [5, 5.41) is 0. The van der Waals surface area contributed by atoms with Crippen molar-refractivity contribution in [1.82, 2.24) is 19.9 Å². The predicted octanol–water partition coefficient (Wildman–Crippen LogP) is 7.22. The highest BCUT2D eigenvalue weighted by molar-refractivity contribution is 7.92. The summed E-state index contributed by atoms with van der Waals surface area (Å²) in [7, 11) is -4.16. The number of rotatable bonds is 5. The Labute approximate surface area is 271 Å². The summed E-state index contributed by atoms with van der Waals surface area (Å²) in [5.41, 5.74) is 6.04. The summed E-state index contributed by atoms with van der Waals surface area (Å²) in [6.45, 7) is 14.6. The standard InChI is InChI=1S/C36H41N5O4S/c1-23(2)17-27-14-10-15-28(37-27)21-41-29(20-36(5,6)7)22-45-32-19-31(33-24(3)11-8-12-25(33)4)38-35(39-32)40-46(43,44)30-16-9-13-26(18-30)34(41)42/h8-19,29H,20-22H2,1-7H3,(H,38,39,40)/t29-/m1/s1. The molecule has 4 bridgehead atoms. The molecule has 9 nitrogen and oxygen atoms in total. The molecule has 240 valence electrons. The molecule has 0 spiro atoms. The van der Waals surface area contributed by atoms with Gasteiger partial charge in [0.15, 0.2) is 0 Å². The number of carbonyl (C=O) groups excluding carboxylic acids is 1. The number of hydrogen-bond donors (Lipinski definition) is 1. The van der Waals surface area contributed by atoms with E-state index in [4.69, 9.17) is 9.72 Å². The number of ether oxygens (including phenoxy) is 1. The number of allylic oxidation sites excluding steroid dienone is 1. The average molecular weight is 640 g/mol. The van der Waals surface area contributed by atoms with Crippen molar-refractivity contribution in [2.45, 2.75) is 72.4 Å². The molecule has 5 rings (SSSR count). The van der Waals surface area contributed by atoms with E-state index in [-0.39, 0.29) is 46.8 Å². The lowest BCUT2D eigenvalue weighted by atomic mass is 9.87. The monoisotopic (exact) mass is 639 g/mol. The lowest BCUT2D eigenvalue weighted by molar-refractivity contribution is 0.0509. The second-order valence-electron chi connectivity index (χ2n) is 13.3. The van der Waals surface area contributed by atoms with E-state index in [1.165, 1.54) is 12.1 Å². The SMILES string of the molecule is CC(C)=Cc1cccc(CN2C(=O)c3cccc(c3)S(=O)(=O)Nc3nc(cc(-c4c(C)cccc4C)n3)OC[C@H]2CC(C)(C)C)n1. The van der Waals surface area contributed by atoms with Gasteiger partial charge in [-0.1, -0.05) is 56.7 Å². The third-order valence-electron chi connectivity index (χ3n) is 7.63. The summed E-state index contributed by atoms with van der Waals surface area (Å²) in [5.74, 6) is -0.237. The molecule has 1 atom stereocenters. The van der Waals surface area contributed by atoms with E-state index in [0.29, 0.717) is 17.8 Å². The smallest absolute Gasteiger partial charge is 0.264 e. The van der Waals surface area contributed by atoms with Crippen molar-refractivity contribution >= 4 is 28.0 Å². The fourth-order valence-electron chi connectivity index (χ4n) is 5.68. The Morgan fingerprint density at radius 2 is 1.67 bits per heavy atom. The first-order chi connectivity index (χ1) is 21.7. The van der Waals surface area contributed by atoms with Crippen LogP contribution in [0.3, 0.4) is 0 Å². The lowest BCUT2D eigenvalue weighted by Crippen LogP contribution is -2.45. The number of benzene rings is 2. The van der Waals surface area contributed by atoms with Gasteiger partial charge in [0.05, 0.1) is 34.6 Å². The first-order valence-electron chi connectivity index (χ1n) is 15.3. The molecule has 0 radical (unpaired) electrons. The molecule has 0 unspecified atom stereocenters. The molecule has 0 saturated heterocycles. The molecular formula is C36H41N5O4S. The normalized spacial score (nSPS) is 16.3. The minimum Gasteiger partial charge on any atom is -0.475 e. The van der Waals surface area contributed by atoms with Crippen LogP contribution >= 0.6 is 0 Å². The lowest BCUT2D eigenvalue weighted by Gasteiger charge is -2.35. The van der Waals surface area contributed by atoms with Crippen LogP contribution in [-0.2, 0) is 16.6 Å². The molecule has 1 amide bonds. The van der Waals surface area contributed by atoms with E-state index in [1.807, 2.05) is 70.2 Å². The summed E-state index contributed by atoms with van der Waals surface area (Å²) in [4.78, 5) is 29.9. The van der Waals surface area contributed by atoms with Crippen molar-refractivity contribution in [3.8, 4) is 17.1 Å². The third-order valence-corrected chi connectivity index (χ3v) is 8.95. The highest BCUT2D eigenvalue weighted by Crippen LogP contribution is 2.31. The molecule has 3 heterocycles. The number of carbonyl (C=O) groups is 1. The van der Waals surface area contributed by atoms with Crippen LogP contribution in [-0.4, -0.2) is 46.8 Å². The minimum atomic E-state index is -4.16. The number of hydrogen-bond acceptors (Lipinski definition) is 7. The fraction of sp³-hybridized carbons (Fsp3) is 0.333. The van der Waals surface area contributed by atoms with E-state index >= 15 is 0 Å². The molecule has 46 heavy (non-hydrogen) atoms. The Kier molecular flexibility index (Phi) is 9.30. The number of pyridine rings is 1. The molecular weight excluding hydrogens is 598 g/mol. The summed E-state index contributed by atoms with van der Waals surface area (Å²) < 4.78 is 36.2. The maximum atomic E-state index is 14.4. The van der Waals surface area contributed by atoms with Crippen molar-refractivity contribution in [1.29, 1.82) is 0 Å². The molecule has 2 aromatic heterocycles. The molecule has 0 saturated carbocycles. The van der Waals surface area contributed by atoms with Crippen LogP contribution < -0.4 is 9.46 Å². The molecule has 0 aliphatic carbocycles. The van der Waals surface area contributed by atoms with Crippen molar-refractivity contribution in [2.75, 3.05) is 11.3 Å². The van der Waals surface area contributed by atoms with Crippen LogP contribution in [0, 0.1) is 19.3 Å². The van der Waals surface area contributed by atoms with E-state index in [9.17, 15) is 13.2 Å². The maximum absolute atomic E-state index is 14.4. The maximum Gasteiger partial charge on any atom is 0.264 e. The molecule has 2 aromatic carbocycles. The van der Waals surface area contributed by atoms with Gasteiger partial charge in [-0.25, -0.2) is 18.1 Å². The predicted molar refractivity (Wildman–Crippen MR) is 181 cm³/mol. The number of amides is 1. The van der Waals surface area contributed by atoms with E-state index in [1.54, 1.807) is 23.1 Å². The summed E-state index contributed by atoms with van der Waals surface area (Å²) in [6.07, 6.45) is 2.59. The van der Waals surface area contributed by atoms with Crippen LogP contribution in [0.5, 0.6) is 5.88 Å². The number of nitrogens with one attached hydrogen (secondary N) is 1. The van der Waals surface area contributed by atoms with Crippen molar-refractivity contribution < 1.29 is 17.9 Å². The number of anilines is 1. The van der Waals surface area contributed by atoms with E-state index in [2.05, 4.69) is 35.5 Å². The van der Waals surface area contributed by atoms with Crippen molar-refractivity contribution in [3.05, 3.63) is 100 Å². The molecule has 4 aromatic rings. The summed E-state index contributed by atoms with van der Waals surface area (Å²) in [6, 6.07) is 19.0. The number of aromatic nitrogens is 3. The van der Waals surface area contributed by atoms with Crippen molar-refractivity contribution in [2.24, 2.45) is 5.41 Å². The summed E-state index contributed by atoms with van der Waals surface area (Å²) >= 11 is 0. The Morgan fingerprint density at radius 3 is 2.37 bits per heavy atom. The van der Waals surface area contributed by atoms with Gasteiger partial charge in [-0.2, -0.15) is 4.98 Å². The van der Waals surface area contributed by atoms with Crippen LogP contribution in [0.15, 0.2) is 77.2 Å². The number of aryl methyl sites for hydroxylation is 2. The molecule has 1 aliphatic heterocycles. The van der Waals surface area contributed by atoms with Gasteiger partial charge in [-0.15, -0.1) is 0 Å². The van der Waals surface area contributed by atoms with Gasteiger partial charge in [0, 0.05) is 17.2 Å². The van der Waals surface area contributed by atoms with Gasteiger partial charge in [-0.05, 0) is 87.1 Å².